The molecule has 3 aromatic rings. The predicted molar refractivity (Wildman–Crippen MR) is 110 cm³/mol. The molecule has 0 aliphatic heterocycles. The standard InChI is InChI=1S/C22H25N3O3/c1-15(2)13-23-22(26)12-19(16-8-10-17(11-9-16)25(27)28)20-14-24(3)21-7-5-4-6-18(20)21/h4-11,14-15,19H,12-13H2,1-3H3,(H,23,26)/t19-/m1/s1. The molecule has 1 N–H and O–H groups in total. The molecule has 0 radical (unpaired) electrons. The highest BCUT2D eigenvalue weighted by molar-refractivity contribution is 5.86. The Morgan fingerprint density at radius 1 is 1.14 bits per heavy atom. The van der Waals surface area contributed by atoms with Crippen molar-refractivity contribution in [2.75, 3.05) is 6.54 Å². The Morgan fingerprint density at radius 3 is 2.46 bits per heavy atom. The number of non-ortho nitro benzene ring substituents is 1. The first-order chi connectivity index (χ1) is 13.4. The maximum atomic E-state index is 12.6. The summed E-state index contributed by atoms with van der Waals surface area (Å²) in [5.74, 6) is 0.170. The number of benzene rings is 2. The lowest BCUT2D eigenvalue weighted by molar-refractivity contribution is -0.384. The number of amides is 1. The van der Waals surface area contributed by atoms with Crippen LogP contribution in [-0.4, -0.2) is 21.9 Å². The van der Waals surface area contributed by atoms with Gasteiger partial charge in [-0.2, -0.15) is 0 Å². The van der Waals surface area contributed by atoms with Gasteiger partial charge in [0.2, 0.25) is 5.91 Å². The quantitative estimate of drug-likeness (QED) is 0.489. The first kappa shape index (κ1) is 19.6. The van der Waals surface area contributed by atoms with E-state index in [0.717, 1.165) is 22.0 Å². The van der Waals surface area contributed by atoms with Crippen molar-refractivity contribution in [1.29, 1.82) is 0 Å². The number of nitro groups is 1. The van der Waals surface area contributed by atoms with Crippen LogP contribution >= 0.6 is 0 Å². The average molecular weight is 379 g/mol. The summed E-state index contributed by atoms with van der Waals surface area (Å²) in [4.78, 5) is 23.2. The molecule has 0 saturated heterocycles. The van der Waals surface area contributed by atoms with E-state index in [1.165, 1.54) is 12.1 Å². The molecule has 0 bridgehead atoms. The zero-order chi connectivity index (χ0) is 20.3. The Balaban J connectivity index is 2.00. The molecule has 1 atom stereocenters. The Labute approximate surface area is 164 Å². The fraction of sp³-hybridized carbons (Fsp3) is 0.318. The van der Waals surface area contributed by atoms with Gasteiger partial charge >= 0.3 is 0 Å². The van der Waals surface area contributed by atoms with Gasteiger partial charge in [-0.1, -0.05) is 44.2 Å². The summed E-state index contributed by atoms with van der Waals surface area (Å²) in [6.45, 7) is 4.74. The highest BCUT2D eigenvalue weighted by Crippen LogP contribution is 2.35. The van der Waals surface area contributed by atoms with Crippen molar-refractivity contribution in [1.82, 2.24) is 9.88 Å². The molecule has 1 amide bonds. The molecule has 0 unspecified atom stereocenters. The number of fused-ring (bicyclic) bond motifs is 1. The maximum absolute atomic E-state index is 12.6. The molecule has 3 rings (SSSR count). The first-order valence-corrected chi connectivity index (χ1v) is 9.41. The van der Waals surface area contributed by atoms with Crippen molar-refractivity contribution in [2.24, 2.45) is 13.0 Å². The van der Waals surface area contributed by atoms with Gasteiger partial charge < -0.3 is 9.88 Å². The molecule has 2 aromatic carbocycles. The van der Waals surface area contributed by atoms with Crippen molar-refractivity contribution >= 4 is 22.5 Å². The van der Waals surface area contributed by atoms with E-state index in [4.69, 9.17) is 0 Å². The van der Waals surface area contributed by atoms with Crippen molar-refractivity contribution in [3.8, 4) is 0 Å². The minimum atomic E-state index is -0.411. The van der Waals surface area contributed by atoms with E-state index in [1.807, 2.05) is 31.4 Å². The van der Waals surface area contributed by atoms with Crippen LogP contribution in [0.15, 0.2) is 54.7 Å². The van der Waals surface area contributed by atoms with E-state index in [0.29, 0.717) is 18.9 Å². The van der Waals surface area contributed by atoms with Crippen LogP contribution in [0.5, 0.6) is 0 Å². The van der Waals surface area contributed by atoms with Gasteiger partial charge in [0.05, 0.1) is 4.92 Å². The molecule has 0 spiro atoms. The molecule has 6 nitrogen and oxygen atoms in total. The summed E-state index contributed by atoms with van der Waals surface area (Å²) in [6, 6.07) is 14.6. The summed E-state index contributed by atoms with van der Waals surface area (Å²) in [6.07, 6.45) is 2.34. The fourth-order valence-corrected chi connectivity index (χ4v) is 3.46. The lowest BCUT2D eigenvalue weighted by atomic mass is 9.88. The second-order valence-corrected chi connectivity index (χ2v) is 7.52. The molecule has 0 fully saturated rings. The summed E-state index contributed by atoms with van der Waals surface area (Å²) in [5.41, 5.74) is 3.07. The van der Waals surface area contributed by atoms with Crippen molar-refractivity contribution in [3.63, 3.8) is 0 Å². The number of aromatic nitrogens is 1. The molecular formula is C22H25N3O3. The number of aryl methyl sites for hydroxylation is 1. The van der Waals surface area contributed by atoms with E-state index >= 15 is 0 Å². The van der Waals surface area contributed by atoms with Gasteiger partial charge in [0, 0.05) is 55.2 Å². The average Bonchev–Trinajstić information content (AvgIpc) is 3.01. The Morgan fingerprint density at radius 2 is 1.82 bits per heavy atom. The number of rotatable bonds is 7. The van der Waals surface area contributed by atoms with Crippen LogP contribution in [-0.2, 0) is 11.8 Å². The van der Waals surface area contributed by atoms with Gasteiger partial charge in [-0.3, -0.25) is 14.9 Å². The highest BCUT2D eigenvalue weighted by Gasteiger charge is 2.23. The third-order valence-electron chi connectivity index (χ3n) is 4.91. The summed E-state index contributed by atoms with van der Waals surface area (Å²) in [5, 5.41) is 15.1. The van der Waals surface area contributed by atoms with Crippen LogP contribution in [0, 0.1) is 16.0 Å². The molecule has 28 heavy (non-hydrogen) atoms. The number of nitro benzene ring substituents is 1. The number of para-hydroxylation sites is 1. The Hall–Kier alpha value is -3.15. The van der Waals surface area contributed by atoms with E-state index in [9.17, 15) is 14.9 Å². The van der Waals surface area contributed by atoms with Crippen LogP contribution in [0.4, 0.5) is 5.69 Å². The molecule has 0 aliphatic rings. The largest absolute Gasteiger partial charge is 0.356 e. The van der Waals surface area contributed by atoms with Crippen molar-refractivity contribution < 1.29 is 9.72 Å². The molecule has 1 heterocycles. The smallest absolute Gasteiger partial charge is 0.269 e. The van der Waals surface area contributed by atoms with Gasteiger partial charge in [-0.15, -0.1) is 0 Å². The molecular weight excluding hydrogens is 354 g/mol. The lowest BCUT2D eigenvalue weighted by Gasteiger charge is -2.18. The number of carbonyl (C=O) groups excluding carboxylic acids is 1. The molecule has 6 heteroatoms. The fourth-order valence-electron chi connectivity index (χ4n) is 3.46. The van der Waals surface area contributed by atoms with Crippen LogP contribution in [0.2, 0.25) is 0 Å². The van der Waals surface area contributed by atoms with Gasteiger partial charge in [0.1, 0.15) is 0 Å². The van der Waals surface area contributed by atoms with Crippen LogP contribution in [0.3, 0.4) is 0 Å². The second-order valence-electron chi connectivity index (χ2n) is 7.52. The third-order valence-corrected chi connectivity index (χ3v) is 4.91. The van der Waals surface area contributed by atoms with Crippen LogP contribution in [0.25, 0.3) is 10.9 Å². The SMILES string of the molecule is CC(C)CNC(=O)C[C@H](c1ccc([N+](=O)[O-])cc1)c1cn(C)c2ccccc12. The first-order valence-electron chi connectivity index (χ1n) is 9.41. The van der Waals surface area contributed by atoms with E-state index < -0.39 is 4.92 Å². The van der Waals surface area contributed by atoms with Crippen LogP contribution in [0.1, 0.15) is 37.3 Å². The number of nitrogens with zero attached hydrogens (tertiary/aromatic N) is 2. The molecule has 0 saturated carbocycles. The van der Waals surface area contributed by atoms with E-state index in [2.05, 4.69) is 29.8 Å². The monoisotopic (exact) mass is 379 g/mol. The Kier molecular flexibility index (Phi) is 5.78. The third kappa shape index (κ3) is 4.22. The zero-order valence-electron chi connectivity index (χ0n) is 16.4. The number of carbonyl (C=O) groups is 1. The van der Waals surface area contributed by atoms with Gasteiger partial charge in [0.15, 0.2) is 0 Å². The molecule has 1 aromatic heterocycles. The molecule has 146 valence electrons. The summed E-state index contributed by atoms with van der Waals surface area (Å²) >= 11 is 0. The minimum Gasteiger partial charge on any atom is -0.356 e. The van der Waals surface area contributed by atoms with Gasteiger partial charge in [0.25, 0.3) is 5.69 Å². The van der Waals surface area contributed by atoms with E-state index in [1.54, 1.807) is 12.1 Å². The number of nitrogens with one attached hydrogen (secondary N) is 1. The second kappa shape index (κ2) is 8.25. The lowest BCUT2D eigenvalue weighted by Crippen LogP contribution is -2.28. The zero-order valence-corrected chi connectivity index (χ0v) is 16.4. The highest BCUT2D eigenvalue weighted by atomic mass is 16.6. The normalized spacial score (nSPS) is 12.3. The van der Waals surface area contributed by atoms with Crippen molar-refractivity contribution in [3.05, 3.63) is 76.0 Å². The van der Waals surface area contributed by atoms with Crippen LogP contribution < -0.4 is 5.32 Å². The van der Waals surface area contributed by atoms with Gasteiger partial charge in [-0.25, -0.2) is 0 Å². The van der Waals surface area contributed by atoms with E-state index in [-0.39, 0.29) is 17.5 Å². The number of hydrogen-bond donors (Lipinski definition) is 1. The topological polar surface area (TPSA) is 77.2 Å². The number of hydrogen-bond acceptors (Lipinski definition) is 3. The Bertz CT molecular complexity index is 990. The summed E-state index contributed by atoms with van der Waals surface area (Å²) in [7, 11) is 1.98. The van der Waals surface area contributed by atoms with Gasteiger partial charge in [-0.05, 0) is 23.1 Å². The minimum absolute atomic E-state index is 0.0232. The summed E-state index contributed by atoms with van der Waals surface area (Å²) < 4.78 is 2.05. The van der Waals surface area contributed by atoms with Crippen molar-refractivity contribution in [2.45, 2.75) is 26.2 Å². The molecule has 0 aliphatic carbocycles. The predicted octanol–water partition coefficient (Wildman–Crippen LogP) is 4.38. The maximum Gasteiger partial charge on any atom is 0.269 e.